The van der Waals surface area contributed by atoms with Crippen molar-refractivity contribution in [3.8, 4) is 0 Å². The van der Waals surface area contributed by atoms with Gasteiger partial charge in [-0.2, -0.15) is 0 Å². The number of nitrogens with one attached hydrogen (secondary N) is 1. The minimum absolute atomic E-state index is 0.0462. The summed E-state index contributed by atoms with van der Waals surface area (Å²) in [4.78, 5) is 4.33. The fourth-order valence-corrected chi connectivity index (χ4v) is 2.68. The molecule has 1 unspecified atom stereocenters. The number of nitrogens with zero attached hydrogens (tertiary/aromatic N) is 1. The number of hydrogen-bond acceptors (Lipinski definition) is 2. The summed E-state index contributed by atoms with van der Waals surface area (Å²) >= 11 is 12.1. The zero-order valence-electron chi connectivity index (χ0n) is 11.9. The molecule has 114 valence electrons. The van der Waals surface area contributed by atoms with Gasteiger partial charge in [0.15, 0.2) is 5.96 Å². The average Bonchev–Trinajstić information content (AvgIpc) is 2.46. The van der Waals surface area contributed by atoms with Gasteiger partial charge >= 0.3 is 0 Å². The third-order valence-electron chi connectivity index (χ3n) is 3.23. The molecule has 21 heavy (non-hydrogen) atoms. The summed E-state index contributed by atoms with van der Waals surface area (Å²) in [5.74, 6) is 0.389. The number of nitrogens with two attached hydrogens (primary N) is 1. The molecule has 1 aromatic carbocycles. The van der Waals surface area contributed by atoms with Crippen LogP contribution in [0.1, 0.15) is 24.9 Å². The summed E-state index contributed by atoms with van der Waals surface area (Å²) in [6, 6.07) is 5.36. The van der Waals surface area contributed by atoms with Crippen LogP contribution in [0.5, 0.6) is 0 Å². The van der Waals surface area contributed by atoms with E-state index in [1.165, 1.54) is 0 Å². The number of aliphatic imine (C=N–C) groups is 1. The molecular weight excluding hydrogens is 309 g/mol. The normalized spacial score (nSPS) is 17.3. The summed E-state index contributed by atoms with van der Waals surface area (Å²) in [6.07, 6.45) is 3.09. The van der Waals surface area contributed by atoms with Gasteiger partial charge in [0.25, 0.3) is 0 Å². The Kier molecular flexibility index (Phi) is 5.91. The minimum atomic E-state index is -0.0462. The van der Waals surface area contributed by atoms with Crippen molar-refractivity contribution in [1.82, 2.24) is 5.32 Å². The Morgan fingerprint density at radius 1 is 1.48 bits per heavy atom. The van der Waals surface area contributed by atoms with Crippen LogP contribution in [0.15, 0.2) is 34.8 Å². The fraction of sp³-hybridized carbons (Fsp3) is 0.400. The summed E-state index contributed by atoms with van der Waals surface area (Å²) in [5, 5.41) is 4.35. The number of hydrogen-bond donors (Lipinski definition) is 2. The molecular formula is C15H19Cl2N3O. The van der Waals surface area contributed by atoms with E-state index in [2.05, 4.69) is 16.4 Å². The highest BCUT2D eigenvalue weighted by molar-refractivity contribution is 6.35. The Hall–Kier alpha value is -1.23. The molecule has 0 saturated carbocycles. The summed E-state index contributed by atoms with van der Waals surface area (Å²) in [5.41, 5.74) is 8.00. The van der Waals surface area contributed by atoms with Crippen molar-refractivity contribution in [2.75, 3.05) is 19.8 Å². The van der Waals surface area contributed by atoms with Crippen LogP contribution in [-0.2, 0) is 4.74 Å². The lowest BCUT2D eigenvalue weighted by molar-refractivity contribution is 0.150. The quantitative estimate of drug-likeness (QED) is 0.506. The second-order valence-corrected chi connectivity index (χ2v) is 5.78. The maximum atomic E-state index is 6.18. The van der Waals surface area contributed by atoms with Crippen LogP contribution in [-0.4, -0.2) is 25.7 Å². The SMILES string of the molecule is CC(NC(N)=NCC1=CCCOC1)c1ccc(Cl)cc1Cl. The van der Waals surface area contributed by atoms with Crippen LogP contribution in [0.2, 0.25) is 10.0 Å². The van der Waals surface area contributed by atoms with E-state index in [0.29, 0.717) is 29.2 Å². The highest BCUT2D eigenvalue weighted by Crippen LogP contribution is 2.25. The van der Waals surface area contributed by atoms with Crippen LogP contribution in [0.3, 0.4) is 0 Å². The Labute approximate surface area is 135 Å². The predicted octanol–water partition coefficient (Wildman–Crippen LogP) is 3.31. The van der Waals surface area contributed by atoms with E-state index in [1.807, 2.05) is 13.0 Å². The maximum Gasteiger partial charge on any atom is 0.189 e. The number of benzene rings is 1. The Morgan fingerprint density at radius 3 is 2.95 bits per heavy atom. The molecule has 1 aliphatic rings. The van der Waals surface area contributed by atoms with Gasteiger partial charge in [0, 0.05) is 10.0 Å². The van der Waals surface area contributed by atoms with E-state index < -0.39 is 0 Å². The summed E-state index contributed by atoms with van der Waals surface area (Å²) in [6.45, 7) is 3.95. The number of halogens is 2. The molecule has 1 atom stereocenters. The smallest absolute Gasteiger partial charge is 0.189 e. The zero-order valence-corrected chi connectivity index (χ0v) is 13.4. The van der Waals surface area contributed by atoms with Crippen molar-refractivity contribution in [1.29, 1.82) is 0 Å². The van der Waals surface area contributed by atoms with Gasteiger partial charge in [-0.3, -0.25) is 0 Å². The van der Waals surface area contributed by atoms with Gasteiger partial charge in [-0.25, -0.2) is 4.99 Å². The first-order valence-corrected chi connectivity index (χ1v) is 7.59. The molecule has 0 radical (unpaired) electrons. The van der Waals surface area contributed by atoms with Crippen LogP contribution < -0.4 is 11.1 Å². The molecule has 1 heterocycles. The monoisotopic (exact) mass is 327 g/mol. The molecule has 0 aliphatic carbocycles. The first-order chi connectivity index (χ1) is 10.1. The molecule has 0 amide bonds. The number of rotatable bonds is 4. The second-order valence-electron chi connectivity index (χ2n) is 4.94. The molecule has 0 aromatic heterocycles. The summed E-state index contributed by atoms with van der Waals surface area (Å²) < 4.78 is 5.36. The lowest BCUT2D eigenvalue weighted by Crippen LogP contribution is -2.34. The zero-order chi connectivity index (χ0) is 15.2. The van der Waals surface area contributed by atoms with Crippen molar-refractivity contribution in [2.45, 2.75) is 19.4 Å². The number of guanidine groups is 1. The Morgan fingerprint density at radius 2 is 2.29 bits per heavy atom. The second kappa shape index (κ2) is 7.69. The standard InChI is InChI=1S/C15H19Cl2N3O/c1-10(13-5-4-12(16)7-14(13)17)20-15(18)19-8-11-3-2-6-21-9-11/h3-5,7,10H,2,6,8-9H2,1H3,(H3,18,19,20). The Bertz CT molecular complexity index is 558. The molecule has 0 saturated heterocycles. The molecule has 3 N–H and O–H groups in total. The van der Waals surface area contributed by atoms with Gasteiger partial charge in [0.1, 0.15) is 0 Å². The van der Waals surface area contributed by atoms with E-state index in [1.54, 1.807) is 12.1 Å². The summed E-state index contributed by atoms with van der Waals surface area (Å²) in [7, 11) is 0. The first kappa shape index (κ1) is 16.1. The molecule has 4 nitrogen and oxygen atoms in total. The first-order valence-electron chi connectivity index (χ1n) is 6.83. The maximum absolute atomic E-state index is 6.18. The van der Waals surface area contributed by atoms with Crippen LogP contribution in [0.4, 0.5) is 0 Å². The molecule has 1 aliphatic heterocycles. The van der Waals surface area contributed by atoms with Crippen LogP contribution >= 0.6 is 23.2 Å². The van der Waals surface area contributed by atoms with Gasteiger partial charge in [0.05, 0.1) is 25.8 Å². The lowest BCUT2D eigenvalue weighted by Gasteiger charge is -2.17. The van der Waals surface area contributed by atoms with Gasteiger partial charge < -0.3 is 15.8 Å². The minimum Gasteiger partial charge on any atom is -0.377 e. The third kappa shape index (κ3) is 4.92. The molecule has 2 rings (SSSR count). The van der Waals surface area contributed by atoms with E-state index in [9.17, 15) is 0 Å². The third-order valence-corrected chi connectivity index (χ3v) is 3.79. The Balaban J connectivity index is 1.94. The van der Waals surface area contributed by atoms with E-state index in [-0.39, 0.29) is 6.04 Å². The lowest BCUT2D eigenvalue weighted by atomic mass is 10.1. The van der Waals surface area contributed by atoms with Crippen LogP contribution in [0, 0.1) is 0 Å². The van der Waals surface area contributed by atoms with E-state index in [4.69, 9.17) is 33.7 Å². The highest BCUT2D eigenvalue weighted by atomic mass is 35.5. The molecule has 0 fully saturated rings. The molecule has 0 bridgehead atoms. The van der Waals surface area contributed by atoms with Crippen molar-refractivity contribution in [3.05, 3.63) is 45.5 Å². The van der Waals surface area contributed by atoms with Gasteiger partial charge in [-0.1, -0.05) is 35.3 Å². The van der Waals surface area contributed by atoms with Crippen molar-refractivity contribution in [3.63, 3.8) is 0 Å². The molecule has 6 heteroatoms. The predicted molar refractivity (Wildman–Crippen MR) is 88.0 cm³/mol. The van der Waals surface area contributed by atoms with E-state index >= 15 is 0 Å². The molecule has 1 aromatic rings. The van der Waals surface area contributed by atoms with E-state index in [0.717, 1.165) is 24.2 Å². The highest BCUT2D eigenvalue weighted by Gasteiger charge is 2.11. The molecule has 0 spiro atoms. The van der Waals surface area contributed by atoms with Gasteiger partial charge in [-0.05, 0) is 36.6 Å². The largest absolute Gasteiger partial charge is 0.377 e. The van der Waals surface area contributed by atoms with Crippen molar-refractivity contribution in [2.24, 2.45) is 10.7 Å². The fourth-order valence-electron chi connectivity index (χ4n) is 2.10. The average molecular weight is 328 g/mol. The van der Waals surface area contributed by atoms with Crippen molar-refractivity contribution < 1.29 is 4.74 Å². The number of ether oxygens (including phenoxy) is 1. The van der Waals surface area contributed by atoms with Crippen LogP contribution in [0.25, 0.3) is 0 Å². The van der Waals surface area contributed by atoms with Crippen molar-refractivity contribution >= 4 is 29.2 Å². The van der Waals surface area contributed by atoms with Gasteiger partial charge in [-0.15, -0.1) is 0 Å². The topological polar surface area (TPSA) is 59.6 Å². The van der Waals surface area contributed by atoms with Gasteiger partial charge in [0.2, 0.25) is 0 Å².